The Labute approximate surface area is 247 Å². The van der Waals surface area contributed by atoms with Crippen LogP contribution in [0.2, 0.25) is 5.02 Å². The number of aromatic nitrogens is 2. The SMILES string of the molecule is Cn1ncc2c1Nc1cc(Cl)ccc1N(C(=O)c1ccc(OCCCN3CCN(CCC(C)(C)C)CC3)cc1F)C2. The fourth-order valence-corrected chi connectivity index (χ4v) is 5.45. The second kappa shape index (κ2) is 12.4. The van der Waals surface area contributed by atoms with Crippen LogP contribution >= 0.6 is 11.6 Å². The van der Waals surface area contributed by atoms with Crippen LogP contribution in [0.25, 0.3) is 0 Å². The molecule has 0 spiro atoms. The first-order chi connectivity index (χ1) is 19.6. The van der Waals surface area contributed by atoms with Crippen LogP contribution < -0.4 is 15.0 Å². The number of halogens is 2. The van der Waals surface area contributed by atoms with Crippen molar-refractivity contribution in [3.8, 4) is 5.75 Å². The highest BCUT2D eigenvalue weighted by atomic mass is 35.5. The number of nitrogens with zero attached hydrogens (tertiary/aromatic N) is 5. The summed E-state index contributed by atoms with van der Waals surface area (Å²) in [5, 5.41) is 8.15. The number of aryl methyl sites for hydroxylation is 1. The lowest BCUT2D eigenvalue weighted by Gasteiger charge is -2.35. The van der Waals surface area contributed by atoms with Crippen LogP contribution in [0.15, 0.2) is 42.6 Å². The molecule has 0 bridgehead atoms. The van der Waals surface area contributed by atoms with Crippen LogP contribution in [0.3, 0.4) is 0 Å². The van der Waals surface area contributed by atoms with Crippen molar-refractivity contribution in [1.82, 2.24) is 19.6 Å². The Morgan fingerprint density at radius 1 is 1.07 bits per heavy atom. The molecule has 2 aliphatic rings. The van der Waals surface area contributed by atoms with Gasteiger partial charge in [-0.15, -0.1) is 0 Å². The van der Waals surface area contributed by atoms with Gasteiger partial charge in [-0.05, 0) is 55.1 Å². The molecule has 8 nitrogen and oxygen atoms in total. The van der Waals surface area contributed by atoms with Gasteiger partial charge in [-0.25, -0.2) is 4.39 Å². The number of carbonyl (C=O) groups is 1. The number of hydrogen-bond acceptors (Lipinski definition) is 6. The average molecular weight is 583 g/mol. The average Bonchev–Trinajstić information content (AvgIpc) is 3.18. The van der Waals surface area contributed by atoms with Gasteiger partial charge < -0.3 is 24.8 Å². The molecular formula is C31H40ClFN6O2. The number of rotatable bonds is 8. The van der Waals surface area contributed by atoms with E-state index in [1.807, 2.05) is 7.05 Å². The van der Waals surface area contributed by atoms with E-state index in [0.717, 1.165) is 57.1 Å². The van der Waals surface area contributed by atoms with Crippen molar-refractivity contribution in [3.05, 3.63) is 64.6 Å². The number of fused-ring (bicyclic) bond motifs is 2. The van der Waals surface area contributed by atoms with Crippen molar-refractivity contribution in [2.45, 2.75) is 40.2 Å². The number of benzene rings is 2. The summed E-state index contributed by atoms with van der Waals surface area (Å²) >= 11 is 6.24. The van der Waals surface area contributed by atoms with Gasteiger partial charge in [-0.2, -0.15) is 5.10 Å². The Morgan fingerprint density at radius 3 is 2.51 bits per heavy atom. The van der Waals surface area contributed by atoms with E-state index in [4.69, 9.17) is 16.3 Å². The molecule has 2 aliphatic heterocycles. The van der Waals surface area contributed by atoms with Crippen LogP contribution in [0.5, 0.6) is 5.75 Å². The lowest BCUT2D eigenvalue weighted by atomic mass is 9.92. The topological polar surface area (TPSA) is 65.9 Å². The summed E-state index contributed by atoms with van der Waals surface area (Å²) in [7, 11) is 1.82. The summed E-state index contributed by atoms with van der Waals surface area (Å²) in [6, 6.07) is 9.70. The second-order valence-corrected chi connectivity index (χ2v) is 12.6. The van der Waals surface area contributed by atoms with Gasteiger partial charge in [-0.3, -0.25) is 9.48 Å². The first-order valence-electron chi connectivity index (χ1n) is 14.3. The van der Waals surface area contributed by atoms with E-state index < -0.39 is 11.7 Å². The molecule has 2 aromatic carbocycles. The summed E-state index contributed by atoms with van der Waals surface area (Å²) in [5.74, 6) is 0.122. The molecule has 0 saturated carbocycles. The van der Waals surface area contributed by atoms with Crippen molar-refractivity contribution in [1.29, 1.82) is 0 Å². The number of hydrogen-bond donors (Lipinski definition) is 1. The van der Waals surface area contributed by atoms with Gasteiger partial charge in [0.1, 0.15) is 17.4 Å². The molecule has 220 valence electrons. The summed E-state index contributed by atoms with van der Waals surface area (Å²) in [6.45, 7) is 14.1. The molecule has 1 saturated heterocycles. The third kappa shape index (κ3) is 7.20. The van der Waals surface area contributed by atoms with E-state index >= 15 is 4.39 Å². The minimum atomic E-state index is -0.613. The molecule has 1 fully saturated rings. The maximum atomic E-state index is 15.3. The first-order valence-corrected chi connectivity index (χ1v) is 14.7. The van der Waals surface area contributed by atoms with E-state index in [1.54, 1.807) is 40.0 Å². The molecule has 3 aromatic rings. The van der Waals surface area contributed by atoms with E-state index in [9.17, 15) is 4.79 Å². The third-order valence-electron chi connectivity index (χ3n) is 7.79. The Kier molecular flexibility index (Phi) is 8.87. The Hall–Kier alpha value is -3.14. The monoisotopic (exact) mass is 582 g/mol. The van der Waals surface area contributed by atoms with Gasteiger partial charge in [0.2, 0.25) is 0 Å². The minimum Gasteiger partial charge on any atom is -0.493 e. The number of piperazine rings is 1. The zero-order valence-electron chi connectivity index (χ0n) is 24.4. The van der Waals surface area contributed by atoms with Crippen LogP contribution in [0.1, 0.15) is 49.5 Å². The molecular weight excluding hydrogens is 543 g/mol. The van der Waals surface area contributed by atoms with E-state index in [2.05, 4.69) is 41.0 Å². The molecule has 1 N–H and O–H groups in total. The number of nitrogens with one attached hydrogen (secondary N) is 1. The standard InChI is InChI=1S/C31H40ClFN6O2/c1-31(2,3)10-12-38-15-13-37(14-16-38)11-5-17-41-24-7-8-25(26(33)19-24)30(40)39-21-22-20-34-36(4)29(22)35-27-18-23(32)6-9-28(27)39/h6-9,18-20,35H,5,10-17,21H2,1-4H3. The van der Waals surface area contributed by atoms with Crippen molar-refractivity contribution < 1.29 is 13.9 Å². The highest BCUT2D eigenvalue weighted by Crippen LogP contribution is 2.38. The van der Waals surface area contributed by atoms with E-state index in [0.29, 0.717) is 34.2 Å². The molecule has 10 heteroatoms. The molecule has 0 radical (unpaired) electrons. The molecule has 0 unspecified atom stereocenters. The van der Waals surface area contributed by atoms with Crippen LogP contribution in [-0.4, -0.2) is 71.4 Å². The number of amides is 1. The Morgan fingerprint density at radius 2 is 1.80 bits per heavy atom. The first kappa shape index (κ1) is 29.4. The molecule has 0 atom stereocenters. The van der Waals surface area contributed by atoms with E-state index in [1.165, 1.54) is 18.6 Å². The van der Waals surface area contributed by atoms with Gasteiger partial charge in [0.05, 0.1) is 36.3 Å². The Balaban J connectivity index is 1.16. The number of ether oxygens (including phenoxy) is 1. The third-order valence-corrected chi connectivity index (χ3v) is 8.03. The molecule has 3 heterocycles. The molecule has 1 aromatic heterocycles. The van der Waals surface area contributed by atoms with Crippen LogP contribution in [0, 0.1) is 11.2 Å². The van der Waals surface area contributed by atoms with Crippen LogP contribution in [-0.2, 0) is 13.6 Å². The summed E-state index contributed by atoms with van der Waals surface area (Å²) in [4.78, 5) is 20.2. The lowest BCUT2D eigenvalue weighted by Crippen LogP contribution is -2.47. The van der Waals surface area contributed by atoms with Crippen molar-refractivity contribution in [2.75, 3.05) is 56.1 Å². The van der Waals surface area contributed by atoms with Crippen molar-refractivity contribution >= 4 is 34.7 Å². The van der Waals surface area contributed by atoms with Gasteiger partial charge in [0.15, 0.2) is 0 Å². The van der Waals surface area contributed by atoms with Gasteiger partial charge in [0, 0.05) is 56.4 Å². The fraction of sp³-hybridized carbons (Fsp3) is 0.484. The highest BCUT2D eigenvalue weighted by Gasteiger charge is 2.28. The Bertz CT molecular complexity index is 1380. The molecule has 0 aliphatic carbocycles. The smallest absolute Gasteiger partial charge is 0.261 e. The van der Waals surface area contributed by atoms with Gasteiger partial charge in [0.25, 0.3) is 5.91 Å². The summed E-state index contributed by atoms with van der Waals surface area (Å²) < 4.78 is 22.8. The zero-order valence-corrected chi connectivity index (χ0v) is 25.2. The van der Waals surface area contributed by atoms with E-state index in [-0.39, 0.29) is 12.1 Å². The van der Waals surface area contributed by atoms with Crippen molar-refractivity contribution in [3.63, 3.8) is 0 Å². The molecule has 41 heavy (non-hydrogen) atoms. The predicted octanol–water partition coefficient (Wildman–Crippen LogP) is 5.94. The largest absolute Gasteiger partial charge is 0.493 e. The van der Waals surface area contributed by atoms with Gasteiger partial charge >= 0.3 is 0 Å². The molecule has 5 rings (SSSR count). The van der Waals surface area contributed by atoms with Crippen LogP contribution in [0.4, 0.5) is 21.6 Å². The number of carbonyl (C=O) groups excluding carboxylic acids is 1. The maximum Gasteiger partial charge on any atom is 0.261 e. The maximum absolute atomic E-state index is 15.3. The fourth-order valence-electron chi connectivity index (χ4n) is 5.28. The normalized spacial score (nSPS) is 16.1. The quantitative estimate of drug-likeness (QED) is 0.332. The predicted molar refractivity (Wildman–Crippen MR) is 162 cm³/mol. The van der Waals surface area contributed by atoms with Crippen molar-refractivity contribution in [2.24, 2.45) is 12.5 Å². The highest BCUT2D eigenvalue weighted by molar-refractivity contribution is 6.31. The summed E-state index contributed by atoms with van der Waals surface area (Å²) in [5.41, 5.74) is 2.44. The number of anilines is 3. The van der Waals surface area contributed by atoms with Gasteiger partial charge in [-0.1, -0.05) is 32.4 Å². The minimum absolute atomic E-state index is 0.0186. The molecule has 1 amide bonds. The zero-order chi connectivity index (χ0) is 29.1. The lowest BCUT2D eigenvalue weighted by molar-refractivity contribution is 0.0981. The second-order valence-electron chi connectivity index (χ2n) is 12.2. The summed E-state index contributed by atoms with van der Waals surface area (Å²) in [6.07, 6.45) is 3.78.